The number of hydrogen-bond donors (Lipinski definition) is 1. The summed E-state index contributed by atoms with van der Waals surface area (Å²) in [6.45, 7) is 3.19. The number of nitrogens with zero attached hydrogens (tertiary/aromatic N) is 2. The number of ether oxygens (including phenoxy) is 1. The molecule has 0 saturated carbocycles. The molecule has 6 nitrogen and oxygen atoms in total. The minimum absolute atomic E-state index is 0.0513. The van der Waals surface area contributed by atoms with Crippen molar-refractivity contribution in [2.24, 2.45) is 5.10 Å². The lowest BCUT2D eigenvalue weighted by Gasteiger charge is -2.14. The number of carbonyl (C=O) groups excluding carboxylic acids is 2. The van der Waals surface area contributed by atoms with Gasteiger partial charge in [0, 0.05) is 23.8 Å². The van der Waals surface area contributed by atoms with Crippen molar-refractivity contribution in [3.63, 3.8) is 0 Å². The van der Waals surface area contributed by atoms with Crippen LogP contribution in [0.25, 0.3) is 0 Å². The molecule has 2 amide bonds. The number of halogens is 1. The van der Waals surface area contributed by atoms with Crippen molar-refractivity contribution in [3.8, 4) is 5.75 Å². The molecule has 0 atom stereocenters. The zero-order valence-corrected chi connectivity index (χ0v) is 13.8. The van der Waals surface area contributed by atoms with E-state index in [9.17, 15) is 9.59 Å². The first-order chi connectivity index (χ1) is 11.0. The van der Waals surface area contributed by atoms with Gasteiger partial charge in [-0.15, -0.1) is 0 Å². The van der Waals surface area contributed by atoms with Gasteiger partial charge in [-0.2, -0.15) is 5.10 Å². The smallest absolute Gasteiger partial charge is 0.277 e. The molecule has 1 aromatic rings. The van der Waals surface area contributed by atoms with E-state index >= 15 is 0 Å². The Morgan fingerprint density at radius 1 is 1.26 bits per heavy atom. The van der Waals surface area contributed by atoms with Crippen LogP contribution in [-0.4, -0.2) is 42.1 Å². The molecule has 1 N–H and O–H groups in total. The van der Waals surface area contributed by atoms with Crippen LogP contribution in [-0.2, 0) is 9.59 Å². The molecule has 0 bridgehead atoms. The summed E-state index contributed by atoms with van der Waals surface area (Å²) in [5, 5.41) is 4.53. The first-order valence-corrected chi connectivity index (χ1v) is 7.90. The molecule has 0 unspecified atom stereocenters. The van der Waals surface area contributed by atoms with Crippen LogP contribution in [0, 0.1) is 0 Å². The van der Waals surface area contributed by atoms with Gasteiger partial charge >= 0.3 is 0 Å². The van der Waals surface area contributed by atoms with Gasteiger partial charge in [-0.1, -0.05) is 11.6 Å². The van der Waals surface area contributed by atoms with E-state index in [1.807, 2.05) is 4.90 Å². The maximum absolute atomic E-state index is 11.9. The Hall–Kier alpha value is -2.08. The molecule has 0 radical (unpaired) electrons. The van der Waals surface area contributed by atoms with Gasteiger partial charge in [0.25, 0.3) is 5.91 Å². The van der Waals surface area contributed by atoms with Crippen LogP contribution in [0.3, 0.4) is 0 Å². The molecule has 0 spiro atoms. The Labute approximate surface area is 140 Å². The van der Waals surface area contributed by atoms with Gasteiger partial charge in [0.05, 0.1) is 6.42 Å². The van der Waals surface area contributed by atoms with Gasteiger partial charge in [-0.25, -0.2) is 5.43 Å². The summed E-state index contributed by atoms with van der Waals surface area (Å²) < 4.78 is 5.30. The largest absolute Gasteiger partial charge is 0.484 e. The number of hydrazone groups is 1. The van der Waals surface area contributed by atoms with Crippen molar-refractivity contribution < 1.29 is 14.3 Å². The second-order valence-corrected chi connectivity index (χ2v) is 5.83. The number of likely N-dealkylation sites (tertiary alicyclic amines) is 1. The molecule has 1 aromatic carbocycles. The predicted octanol–water partition coefficient (Wildman–Crippen LogP) is 2.22. The highest BCUT2D eigenvalue weighted by Crippen LogP contribution is 2.15. The fourth-order valence-corrected chi connectivity index (χ4v) is 2.33. The van der Waals surface area contributed by atoms with Gasteiger partial charge in [-0.3, -0.25) is 9.59 Å². The minimum Gasteiger partial charge on any atom is -0.484 e. The monoisotopic (exact) mass is 337 g/mol. The zero-order valence-electron chi connectivity index (χ0n) is 13.0. The number of carbonyl (C=O) groups is 2. The second-order valence-electron chi connectivity index (χ2n) is 5.39. The molecule has 1 saturated heterocycles. The third-order valence-corrected chi connectivity index (χ3v) is 3.67. The number of amides is 2. The van der Waals surface area contributed by atoms with Crippen LogP contribution < -0.4 is 10.2 Å². The van der Waals surface area contributed by atoms with Crippen molar-refractivity contribution in [1.29, 1.82) is 0 Å². The van der Waals surface area contributed by atoms with E-state index < -0.39 is 0 Å². The fourth-order valence-electron chi connectivity index (χ4n) is 2.21. The molecular weight excluding hydrogens is 318 g/mol. The Bertz CT molecular complexity index is 581. The predicted molar refractivity (Wildman–Crippen MR) is 88.6 cm³/mol. The highest BCUT2D eigenvalue weighted by Gasteiger charge is 2.18. The van der Waals surface area contributed by atoms with Gasteiger partial charge in [0.15, 0.2) is 6.61 Å². The highest BCUT2D eigenvalue weighted by atomic mass is 35.5. The Morgan fingerprint density at radius 2 is 1.91 bits per heavy atom. The van der Waals surface area contributed by atoms with E-state index in [1.54, 1.807) is 31.2 Å². The molecule has 1 aliphatic rings. The van der Waals surface area contributed by atoms with Crippen LogP contribution >= 0.6 is 11.6 Å². The van der Waals surface area contributed by atoms with E-state index in [0.717, 1.165) is 25.9 Å². The molecule has 124 valence electrons. The third-order valence-electron chi connectivity index (χ3n) is 3.42. The molecule has 1 heterocycles. The average molecular weight is 338 g/mol. The number of rotatable bonds is 6. The average Bonchev–Trinajstić information content (AvgIpc) is 3.07. The SMILES string of the molecule is C/C(CC(=O)N1CCCC1)=N/NC(=O)COc1ccc(Cl)cc1. The van der Waals surface area contributed by atoms with Crippen molar-refractivity contribution in [1.82, 2.24) is 10.3 Å². The van der Waals surface area contributed by atoms with Crippen molar-refractivity contribution in [2.45, 2.75) is 26.2 Å². The van der Waals surface area contributed by atoms with Gasteiger partial charge in [0.1, 0.15) is 5.75 Å². The summed E-state index contributed by atoms with van der Waals surface area (Å²) in [4.78, 5) is 25.4. The van der Waals surface area contributed by atoms with Crippen molar-refractivity contribution >= 4 is 29.1 Å². The lowest BCUT2D eigenvalue weighted by Crippen LogP contribution is -2.30. The van der Waals surface area contributed by atoms with E-state index in [2.05, 4.69) is 10.5 Å². The topological polar surface area (TPSA) is 71.0 Å². The molecule has 2 rings (SSSR count). The van der Waals surface area contributed by atoms with Crippen molar-refractivity contribution in [3.05, 3.63) is 29.3 Å². The zero-order chi connectivity index (χ0) is 16.7. The quantitative estimate of drug-likeness (QED) is 0.639. The van der Waals surface area contributed by atoms with Crippen LogP contribution in [0.5, 0.6) is 5.75 Å². The Balaban J connectivity index is 1.71. The van der Waals surface area contributed by atoms with Crippen LogP contribution in [0.2, 0.25) is 5.02 Å². The fraction of sp³-hybridized carbons (Fsp3) is 0.438. The minimum atomic E-state index is -0.382. The molecule has 1 fully saturated rings. The van der Waals surface area contributed by atoms with E-state index in [0.29, 0.717) is 16.5 Å². The first kappa shape index (κ1) is 17.3. The molecule has 23 heavy (non-hydrogen) atoms. The molecule has 1 aliphatic heterocycles. The molecule has 0 aliphatic carbocycles. The lowest BCUT2D eigenvalue weighted by atomic mass is 10.3. The van der Waals surface area contributed by atoms with E-state index in [-0.39, 0.29) is 24.8 Å². The summed E-state index contributed by atoms with van der Waals surface area (Å²) >= 11 is 5.76. The lowest BCUT2D eigenvalue weighted by molar-refractivity contribution is -0.129. The maximum Gasteiger partial charge on any atom is 0.277 e. The van der Waals surface area contributed by atoms with Crippen LogP contribution in [0.1, 0.15) is 26.2 Å². The maximum atomic E-state index is 11.9. The summed E-state index contributed by atoms with van der Waals surface area (Å²) in [5.41, 5.74) is 2.96. The molecule has 0 aromatic heterocycles. The summed E-state index contributed by atoms with van der Waals surface area (Å²) in [6.07, 6.45) is 2.33. The number of nitrogens with one attached hydrogen (secondary N) is 1. The second kappa shape index (κ2) is 8.53. The van der Waals surface area contributed by atoms with Crippen LogP contribution in [0.4, 0.5) is 0 Å². The van der Waals surface area contributed by atoms with Gasteiger partial charge in [0.2, 0.25) is 5.91 Å². The van der Waals surface area contributed by atoms with Crippen LogP contribution in [0.15, 0.2) is 29.4 Å². The first-order valence-electron chi connectivity index (χ1n) is 7.53. The summed E-state index contributed by atoms with van der Waals surface area (Å²) in [7, 11) is 0. The Kier molecular flexibility index (Phi) is 6.40. The highest BCUT2D eigenvalue weighted by molar-refractivity contribution is 6.30. The van der Waals surface area contributed by atoms with E-state index in [1.165, 1.54) is 0 Å². The summed E-state index contributed by atoms with van der Waals surface area (Å²) in [5.74, 6) is 0.220. The third kappa shape index (κ3) is 5.90. The Morgan fingerprint density at radius 3 is 2.57 bits per heavy atom. The van der Waals surface area contributed by atoms with E-state index in [4.69, 9.17) is 16.3 Å². The van der Waals surface area contributed by atoms with Gasteiger partial charge < -0.3 is 9.64 Å². The molecule has 7 heteroatoms. The normalized spacial score (nSPS) is 14.7. The van der Waals surface area contributed by atoms with Crippen molar-refractivity contribution in [2.75, 3.05) is 19.7 Å². The van der Waals surface area contributed by atoms with Gasteiger partial charge in [-0.05, 0) is 44.0 Å². The summed E-state index contributed by atoms with van der Waals surface area (Å²) in [6, 6.07) is 6.72. The number of benzene rings is 1. The number of hydrogen-bond acceptors (Lipinski definition) is 4. The molecular formula is C16H20ClN3O3. The standard InChI is InChI=1S/C16H20ClN3O3/c1-12(10-16(22)20-8-2-3-9-20)18-19-15(21)11-23-14-6-4-13(17)5-7-14/h4-7H,2-3,8-11H2,1H3,(H,19,21)/b18-12-.